The van der Waals surface area contributed by atoms with Crippen LogP contribution in [0.15, 0.2) is 45.9 Å². The van der Waals surface area contributed by atoms with Crippen molar-refractivity contribution in [2.75, 3.05) is 0 Å². The minimum absolute atomic E-state index is 0.451. The van der Waals surface area contributed by atoms with Gasteiger partial charge in [-0.1, -0.05) is 23.4 Å². The highest BCUT2D eigenvalue weighted by molar-refractivity contribution is 5.97. The van der Waals surface area contributed by atoms with Gasteiger partial charge >= 0.3 is 0 Å². The molecule has 0 radical (unpaired) electrons. The van der Waals surface area contributed by atoms with E-state index in [1.54, 1.807) is 6.07 Å². The predicted octanol–water partition coefficient (Wildman–Crippen LogP) is 1.52. The topological polar surface area (TPSA) is 76.4 Å². The minimum atomic E-state index is 0.451. The normalized spacial score (nSPS) is 11.5. The van der Waals surface area contributed by atoms with Crippen molar-refractivity contribution in [2.24, 2.45) is 10.8 Å². The van der Waals surface area contributed by atoms with Gasteiger partial charge in [0.05, 0.1) is 11.4 Å². The van der Waals surface area contributed by atoms with E-state index in [-0.39, 0.29) is 0 Å². The number of aryl methyl sites for hydroxylation is 1. The fraction of sp³-hybridized carbons (Fsp3) is 0.0909. The molecule has 5 nitrogen and oxygen atoms in total. The number of aromatic nitrogens is 1. The fourth-order valence-electron chi connectivity index (χ4n) is 1.27. The summed E-state index contributed by atoms with van der Waals surface area (Å²) >= 11 is 0. The van der Waals surface area contributed by atoms with Crippen molar-refractivity contribution in [1.82, 2.24) is 10.6 Å². The van der Waals surface area contributed by atoms with Gasteiger partial charge in [0.15, 0.2) is 5.84 Å². The molecule has 0 fully saturated rings. The van der Waals surface area contributed by atoms with Gasteiger partial charge in [0, 0.05) is 6.07 Å². The van der Waals surface area contributed by atoms with E-state index >= 15 is 0 Å². The monoisotopic (exact) mass is 216 g/mol. The predicted molar refractivity (Wildman–Crippen MR) is 61.2 cm³/mol. The van der Waals surface area contributed by atoms with Crippen molar-refractivity contribution in [1.29, 1.82) is 0 Å². The number of nitrogens with two attached hydrogens (primary N) is 1. The second-order valence-corrected chi connectivity index (χ2v) is 3.27. The van der Waals surface area contributed by atoms with Gasteiger partial charge in [0.1, 0.15) is 0 Å². The number of para-hydroxylation sites is 1. The average Bonchev–Trinajstić information content (AvgIpc) is 2.74. The van der Waals surface area contributed by atoms with Crippen LogP contribution >= 0.6 is 0 Å². The van der Waals surface area contributed by atoms with E-state index < -0.39 is 0 Å². The third-order valence-electron chi connectivity index (χ3n) is 2.00. The van der Waals surface area contributed by atoms with E-state index in [0.717, 1.165) is 11.4 Å². The summed E-state index contributed by atoms with van der Waals surface area (Å²) < 4.78 is 5.07. The number of rotatable bonds is 2. The van der Waals surface area contributed by atoms with Crippen LogP contribution in [0.2, 0.25) is 0 Å². The number of amidine groups is 1. The summed E-state index contributed by atoms with van der Waals surface area (Å²) in [5.74, 6) is 6.36. The van der Waals surface area contributed by atoms with Crippen LogP contribution in [0.1, 0.15) is 11.5 Å². The van der Waals surface area contributed by atoms with Crippen LogP contribution in [-0.4, -0.2) is 11.0 Å². The molecule has 0 bridgehead atoms. The first-order chi connectivity index (χ1) is 7.79. The van der Waals surface area contributed by atoms with Gasteiger partial charge < -0.3 is 9.95 Å². The molecule has 16 heavy (non-hydrogen) atoms. The molecule has 0 spiro atoms. The lowest BCUT2D eigenvalue weighted by molar-refractivity contribution is 0.407. The minimum Gasteiger partial charge on any atom is -0.353 e. The Bertz CT molecular complexity index is 490. The maximum atomic E-state index is 5.39. The number of hydrogen-bond donors (Lipinski definition) is 2. The van der Waals surface area contributed by atoms with Crippen molar-refractivity contribution in [2.45, 2.75) is 6.92 Å². The largest absolute Gasteiger partial charge is 0.353 e. The third kappa shape index (κ3) is 2.26. The first kappa shape index (κ1) is 10.4. The quantitative estimate of drug-likeness (QED) is 0.345. The summed E-state index contributed by atoms with van der Waals surface area (Å²) in [7, 11) is 0. The van der Waals surface area contributed by atoms with Crippen molar-refractivity contribution in [3.05, 3.63) is 47.9 Å². The van der Waals surface area contributed by atoms with Crippen LogP contribution in [0.25, 0.3) is 0 Å². The standard InChI is InChI=1S/C11H12N4O/c1-8-7-10(16-15-8)11(14-12)13-9-5-3-2-4-6-9/h2-7H,12H2,1H3,(H,13,14). The summed E-state index contributed by atoms with van der Waals surface area (Å²) in [6.07, 6.45) is 0. The number of aliphatic imine (C=N–C) groups is 1. The summed E-state index contributed by atoms with van der Waals surface area (Å²) in [6, 6.07) is 11.2. The smallest absolute Gasteiger partial charge is 0.203 e. The number of hydrogen-bond acceptors (Lipinski definition) is 4. The zero-order valence-corrected chi connectivity index (χ0v) is 8.84. The van der Waals surface area contributed by atoms with Crippen LogP contribution in [0, 0.1) is 6.92 Å². The molecule has 1 aromatic heterocycles. The first-order valence-corrected chi connectivity index (χ1v) is 4.83. The zero-order chi connectivity index (χ0) is 11.4. The molecule has 5 heteroatoms. The number of nitrogens with one attached hydrogen (secondary N) is 1. The van der Waals surface area contributed by atoms with E-state index in [9.17, 15) is 0 Å². The Morgan fingerprint density at radius 2 is 2.12 bits per heavy atom. The van der Waals surface area contributed by atoms with Crippen molar-refractivity contribution in [3.8, 4) is 0 Å². The molecule has 0 amide bonds. The molecule has 82 valence electrons. The van der Waals surface area contributed by atoms with Crippen molar-refractivity contribution < 1.29 is 4.52 Å². The lowest BCUT2D eigenvalue weighted by Crippen LogP contribution is -2.30. The molecule has 0 aliphatic rings. The van der Waals surface area contributed by atoms with E-state index in [0.29, 0.717) is 11.6 Å². The van der Waals surface area contributed by atoms with Crippen LogP contribution in [-0.2, 0) is 0 Å². The zero-order valence-electron chi connectivity index (χ0n) is 8.84. The summed E-state index contributed by atoms with van der Waals surface area (Å²) in [4.78, 5) is 4.31. The molecule has 0 atom stereocenters. The summed E-state index contributed by atoms with van der Waals surface area (Å²) in [6.45, 7) is 1.84. The Hall–Kier alpha value is -2.14. The van der Waals surface area contributed by atoms with Crippen LogP contribution in [0.4, 0.5) is 5.69 Å². The van der Waals surface area contributed by atoms with Crippen LogP contribution in [0.3, 0.4) is 0 Å². The summed E-state index contributed by atoms with van der Waals surface area (Å²) in [5.41, 5.74) is 4.08. The Kier molecular flexibility index (Phi) is 2.98. The molecule has 2 rings (SSSR count). The SMILES string of the molecule is Cc1cc(C(=Nc2ccccc2)NN)on1. The van der Waals surface area contributed by atoms with Gasteiger partial charge in [-0.05, 0) is 19.1 Å². The average molecular weight is 216 g/mol. The maximum Gasteiger partial charge on any atom is 0.203 e. The molecule has 0 saturated heterocycles. The van der Waals surface area contributed by atoms with Gasteiger partial charge in [0.25, 0.3) is 0 Å². The van der Waals surface area contributed by atoms with Gasteiger partial charge in [-0.2, -0.15) is 0 Å². The van der Waals surface area contributed by atoms with E-state index in [2.05, 4.69) is 15.6 Å². The van der Waals surface area contributed by atoms with E-state index in [4.69, 9.17) is 10.4 Å². The molecular formula is C11H12N4O. The van der Waals surface area contributed by atoms with Gasteiger partial charge in [-0.3, -0.25) is 0 Å². The number of nitrogens with zero attached hydrogens (tertiary/aromatic N) is 2. The number of benzene rings is 1. The Morgan fingerprint density at radius 3 is 2.69 bits per heavy atom. The first-order valence-electron chi connectivity index (χ1n) is 4.83. The third-order valence-corrected chi connectivity index (χ3v) is 2.00. The second kappa shape index (κ2) is 4.59. The highest BCUT2D eigenvalue weighted by atomic mass is 16.5. The molecular weight excluding hydrogens is 204 g/mol. The molecule has 2 aromatic rings. The Labute approximate surface area is 92.9 Å². The number of hydrazine groups is 1. The van der Waals surface area contributed by atoms with Crippen molar-refractivity contribution >= 4 is 11.5 Å². The molecule has 1 heterocycles. The lowest BCUT2D eigenvalue weighted by atomic mass is 10.3. The van der Waals surface area contributed by atoms with Gasteiger partial charge in [-0.25, -0.2) is 10.8 Å². The highest BCUT2D eigenvalue weighted by Gasteiger charge is 2.07. The van der Waals surface area contributed by atoms with E-state index in [1.165, 1.54) is 0 Å². The second-order valence-electron chi connectivity index (χ2n) is 3.27. The molecule has 3 N–H and O–H groups in total. The molecule has 1 aromatic carbocycles. The molecule has 0 aliphatic carbocycles. The van der Waals surface area contributed by atoms with Gasteiger partial charge in [0.2, 0.25) is 5.76 Å². The summed E-state index contributed by atoms with van der Waals surface area (Å²) in [5, 5.41) is 3.78. The van der Waals surface area contributed by atoms with Crippen molar-refractivity contribution in [3.63, 3.8) is 0 Å². The van der Waals surface area contributed by atoms with Crippen LogP contribution in [0.5, 0.6) is 0 Å². The highest BCUT2D eigenvalue weighted by Crippen LogP contribution is 2.12. The maximum absolute atomic E-state index is 5.39. The molecule has 0 unspecified atom stereocenters. The molecule has 0 saturated carbocycles. The fourth-order valence-corrected chi connectivity index (χ4v) is 1.27. The van der Waals surface area contributed by atoms with Crippen LogP contribution < -0.4 is 11.3 Å². The molecule has 0 aliphatic heterocycles. The van der Waals surface area contributed by atoms with Gasteiger partial charge in [-0.15, -0.1) is 0 Å². The Balaban J connectivity index is 2.33. The van der Waals surface area contributed by atoms with E-state index in [1.807, 2.05) is 37.3 Å². The Morgan fingerprint density at radius 1 is 1.38 bits per heavy atom. The lowest BCUT2D eigenvalue weighted by Gasteiger charge is -2.00.